The Balaban J connectivity index is 2.24. The molecule has 0 radical (unpaired) electrons. The van der Waals surface area contributed by atoms with E-state index in [1.807, 2.05) is 0 Å². The van der Waals surface area contributed by atoms with Gasteiger partial charge in [-0.2, -0.15) is 0 Å². The smallest absolute Gasteiger partial charge is 0.0628 e. The molecule has 1 saturated heterocycles. The quantitative estimate of drug-likeness (QED) is 0.826. The second-order valence-corrected chi connectivity index (χ2v) is 4.77. The van der Waals surface area contributed by atoms with E-state index in [1.165, 1.54) is 16.7 Å². The summed E-state index contributed by atoms with van der Waals surface area (Å²) in [5.74, 6) is 0. The van der Waals surface area contributed by atoms with Crippen molar-refractivity contribution in [3.05, 3.63) is 34.9 Å². The van der Waals surface area contributed by atoms with E-state index in [9.17, 15) is 5.11 Å². The van der Waals surface area contributed by atoms with E-state index in [2.05, 4.69) is 42.3 Å². The van der Waals surface area contributed by atoms with E-state index in [-0.39, 0.29) is 12.6 Å². The lowest BCUT2D eigenvalue weighted by atomic mass is 9.96. The fourth-order valence-electron chi connectivity index (χ4n) is 2.54. The zero-order chi connectivity index (χ0) is 12.3. The molecule has 1 fully saturated rings. The normalized spacial score (nSPS) is 19.2. The third-order valence-corrected chi connectivity index (χ3v) is 3.77. The van der Waals surface area contributed by atoms with Crippen molar-refractivity contribution in [2.75, 3.05) is 32.8 Å². The summed E-state index contributed by atoms with van der Waals surface area (Å²) in [6.45, 7) is 8.53. The molecular weight excluding hydrogens is 212 g/mol. The highest BCUT2D eigenvalue weighted by molar-refractivity contribution is 5.35. The van der Waals surface area contributed by atoms with Crippen molar-refractivity contribution in [1.29, 1.82) is 0 Å². The first-order valence-corrected chi connectivity index (χ1v) is 6.35. The van der Waals surface area contributed by atoms with Gasteiger partial charge in [0.05, 0.1) is 12.6 Å². The van der Waals surface area contributed by atoms with Crippen LogP contribution in [-0.4, -0.2) is 42.8 Å². The molecule has 0 unspecified atom stereocenters. The summed E-state index contributed by atoms with van der Waals surface area (Å²) in [5.41, 5.74) is 3.88. The van der Waals surface area contributed by atoms with Gasteiger partial charge in [-0.25, -0.2) is 0 Å². The Morgan fingerprint density at radius 1 is 1.29 bits per heavy atom. The van der Waals surface area contributed by atoms with E-state index in [4.69, 9.17) is 0 Å². The Bertz CT molecular complexity index is 372. The molecule has 1 heterocycles. The Morgan fingerprint density at radius 2 is 2.00 bits per heavy atom. The van der Waals surface area contributed by atoms with E-state index < -0.39 is 0 Å². The highest BCUT2D eigenvalue weighted by Crippen LogP contribution is 2.25. The van der Waals surface area contributed by atoms with Crippen molar-refractivity contribution in [2.24, 2.45) is 0 Å². The van der Waals surface area contributed by atoms with Crippen LogP contribution in [0.4, 0.5) is 0 Å². The first kappa shape index (κ1) is 12.6. The number of benzene rings is 1. The second kappa shape index (κ2) is 5.63. The number of hydrogen-bond acceptors (Lipinski definition) is 3. The average Bonchev–Trinajstić information content (AvgIpc) is 2.37. The molecule has 1 atom stereocenters. The first-order valence-electron chi connectivity index (χ1n) is 6.35. The Labute approximate surface area is 103 Å². The number of nitrogens with one attached hydrogen (secondary N) is 1. The molecule has 0 bridgehead atoms. The zero-order valence-corrected chi connectivity index (χ0v) is 10.7. The summed E-state index contributed by atoms with van der Waals surface area (Å²) in [4.78, 5) is 2.37. The second-order valence-electron chi connectivity index (χ2n) is 4.77. The Hall–Kier alpha value is -0.900. The van der Waals surface area contributed by atoms with Crippen molar-refractivity contribution in [1.82, 2.24) is 10.2 Å². The average molecular weight is 234 g/mol. The SMILES string of the molecule is Cc1cccc([C@H](CO)N2CCNCC2)c1C. The van der Waals surface area contributed by atoms with Gasteiger partial charge in [-0.1, -0.05) is 18.2 Å². The van der Waals surface area contributed by atoms with Crippen molar-refractivity contribution in [2.45, 2.75) is 19.9 Å². The van der Waals surface area contributed by atoms with Gasteiger partial charge in [0.25, 0.3) is 0 Å². The van der Waals surface area contributed by atoms with Gasteiger partial charge in [0.1, 0.15) is 0 Å². The third-order valence-electron chi connectivity index (χ3n) is 3.77. The summed E-state index contributed by atoms with van der Waals surface area (Å²) >= 11 is 0. The van der Waals surface area contributed by atoms with E-state index in [1.54, 1.807) is 0 Å². The number of aliphatic hydroxyl groups excluding tert-OH is 1. The number of piperazine rings is 1. The number of rotatable bonds is 3. The fraction of sp³-hybridized carbons (Fsp3) is 0.571. The largest absolute Gasteiger partial charge is 0.394 e. The van der Waals surface area contributed by atoms with Crippen LogP contribution in [0, 0.1) is 13.8 Å². The molecule has 0 aromatic heterocycles. The highest BCUT2D eigenvalue weighted by Gasteiger charge is 2.22. The van der Waals surface area contributed by atoms with Crippen LogP contribution in [0.5, 0.6) is 0 Å². The van der Waals surface area contributed by atoms with Crippen molar-refractivity contribution < 1.29 is 5.11 Å². The van der Waals surface area contributed by atoms with Crippen LogP contribution in [0.1, 0.15) is 22.7 Å². The van der Waals surface area contributed by atoms with Crippen LogP contribution < -0.4 is 5.32 Å². The molecule has 1 aliphatic rings. The maximum Gasteiger partial charge on any atom is 0.0628 e. The summed E-state index contributed by atoms with van der Waals surface area (Å²) in [5, 5.41) is 13.0. The molecule has 2 rings (SSSR count). The van der Waals surface area contributed by atoms with Gasteiger partial charge in [-0.15, -0.1) is 0 Å². The van der Waals surface area contributed by atoms with Crippen LogP contribution in [0.15, 0.2) is 18.2 Å². The molecule has 1 aliphatic heterocycles. The number of aryl methyl sites for hydroxylation is 1. The van der Waals surface area contributed by atoms with Crippen LogP contribution >= 0.6 is 0 Å². The lowest BCUT2D eigenvalue weighted by Crippen LogP contribution is -2.46. The maximum absolute atomic E-state index is 9.68. The summed E-state index contributed by atoms with van der Waals surface area (Å²) < 4.78 is 0. The van der Waals surface area contributed by atoms with E-state index >= 15 is 0 Å². The van der Waals surface area contributed by atoms with Crippen LogP contribution in [0.25, 0.3) is 0 Å². The van der Waals surface area contributed by atoms with Gasteiger partial charge < -0.3 is 10.4 Å². The molecule has 3 heteroatoms. The zero-order valence-electron chi connectivity index (χ0n) is 10.7. The molecule has 0 saturated carbocycles. The maximum atomic E-state index is 9.68. The predicted molar refractivity (Wildman–Crippen MR) is 70.2 cm³/mol. The van der Waals surface area contributed by atoms with Gasteiger partial charge in [-0.05, 0) is 30.5 Å². The van der Waals surface area contributed by atoms with Gasteiger partial charge >= 0.3 is 0 Å². The molecule has 0 amide bonds. The molecule has 3 nitrogen and oxygen atoms in total. The Morgan fingerprint density at radius 3 is 2.65 bits per heavy atom. The molecule has 2 N–H and O–H groups in total. The van der Waals surface area contributed by atoms with Crippen molar-refractivity contribution in [3.63, 3.8) is 0 Å². The monoisotopic (exact) mass is 234 g/mol. The molecule has 0 spiro atoms. The topological polar surface area (TPSA) is 35.5 Å². The van der Waals surface area contributed by atoms with Crippen LogP contribution in [0.3, 0.4) is 0 Å². The minimum atomic E-state index is 0.150. The summed E-state index contributed by atoms with van der Waals surface area (Å²) in [7, 11) is 0. The fourth-order valence-corrected chi connectivity index (χ4v) is 2.54. The third kappa shape index (κ3) is 2.68. The van der Waals surface area contributed by atoms with Gasteiger partial charge in [0, 0.05) is 26.2 Å². The summed E-state index contributed by atoms with van der Waals surface area (Å²) in [6.07, 6.45) is 0. The van der Waals surface area contributed by atoms with Gasteiger partial charge in [0.2, 0.25) is 0 Å². The lowest BCUT2D eigenvalue weighted by molar-refractivity contribution is 0.110. The van der Waals surface area contributed by atoms with Gasteiger partial charge in [-0.3, -0.25) is 4.90 Å². The van der Waals surface area contributed by atoms with Crippen molar-refractivity contribution >= 4 is 0 Å². The molecular formula is C14H22N2O. The number of hydrogen-bond donors (Lipinski definition) is 2. The predicted octanol–water partition coefficient (Wildman–Crippen LogP) is 1.24. The molecule has 1 aromatic rings. The number of nitrogens with zero attached hydrogens (tertiary/aromatic N) is 1. The van der Waals surface area contributed by atoms with E-state index in [0.29, 0.717) is 0 Å². The lowest BCUT2D eigenvalue weighted by Gasteiger charge is -2.35. The number of aliphatic hydroxyl groups is 1. The van der Waals surface area contributed by atoms with E-state index in [0.717, 1.165) is 26.2 Å². The molecule has 1 aromatic carbocycles. The minimum absolute atomic E-state index is 0.150. The molecule has 17 heavy (non-hydrogen) atoms. The molecule has 0 aliphatic carbocycles. The van der Waals surface area contributed by atoms with Crippen LogP contribution in [-0.2, 0) is 0 Å². The molecule has 94 valence electrons. The highest BCUT2D eigenvalue weighted by atomic mass is 16.3. The minimum Gasteiger partial charge on any atom is -0.394 e. The summed E-state index contributed by atoms with van der Waals surface area (Å²) in [6, 6.07) is 6.51. The van der Waals surface area contributed by atoms with Gasteiger partial charge in [0.15, 0.2) is 0 Å². The Kier molecular flexibility index (Phi) is 4.15. The van der Waals surface area contributed by atoms with Crippen molar-refractivity contribution in [3.8, 4) is 0 Å². The first-order chi connectivity index (χ1) is 8.24. The van der Waals surface area contributed by atoms with Crippen LogP contribution in [0.2, 0.25) is 0 Å². The standard InChI is InChI=1S/C14H22N2O/c1-11-4-3-5-13(12(11)2)14(10-17)16-8-6-15-7-9-16/h3-5,14-15,17H,6-10H2,1-2H3/t14-/m0/s1.